The van der Waals surface area contributed by atoms with Gasteiger partial charge in [0.05, 0.1) is 5.60 Å². The Morgan fingerprint density at radius 3 is 2.90 bits per heavy atom. The Balaban J connectivity index is 1.53. The van der Waals surface area contributed by atoms with Gasteiger partial charge in [-0.2, -0.15) is 0 Å². The molecular weight excluding hydrogens is 252 g/mol. The van der Waals surface area contributed by atoms with Crippen molar-refractivity contribution < 1.29 is 9.47 Å². The van der Waals surface area contributed by atoms with Gasteiger partial charge in [-0.25, -0.2) is 0 Å². The van der Waals surface area contributed by atoms with Crippen LogP contribution in [0.4, 0.5) is 0 Å². The molecule has 4 nitrogen and oxygen atoms in total. The maximum atomic E-state index is 6.07. The summed E-state index contributed by atoms with van der Waals surface area (Å²) >= 11 is 0. The molecule has 1 unspecified atom stereocenters. The van der Waals surface area contributed by atoms with E-state index in [1.54, 1.807) is 0 Å². The number of ether oxygens (including phenoxy) is 2. The van der Waals surface area contributed by atoms with Crippen LogP contribution in [0.5, 0.6) is 0 Å². The fourth-order valence-electron chi connectivity index (χ4n) is 3.16. The Hall–Kier alpha value is -0.970. The van der Waals surface area contributed by atoms with Crippen LogP contribution < -0.4 is 5.32 Å². The maximum absolute atomic E-state index is 6.07. The smallest absolute Gasteiger partial charge is 0.0741 e. The van der Waals surface area contributed by atoms with Crippen LogP contribution in [-0.4, -0.2) is 36.4 Å². The Morgan fingerprint density at radius 2 is 2.15 bits per heavy atom. The monoisotopic (exact) mass is 276 g/mol. The van der Waals surface area contributed by atoms with Gasteiger partial charge in [0.25, 0.3) is 0 Å². The van der Waals surface area contributed by atoms with E-state index in [0.717, 1.165) is 57.7 Å². The molecule has 1 spiro atoms. The third-order valence-electron chi connectivity index (χ3n) is 4.46. The summed E-state index contributed by atoms with van der Waals surface area (Å²) < 4.78 is 11.5. The third-order valence-corrected chi connectivity index (χ3v) is 4.46. The van der Waals surface area contributed by atoms with Crippen LogP contribution in [0, 0.1) is 6.92 Å². The van der Waals surface area contributed by atoms with Crippen molar-refractivity contribution in [1.82, 2.24) is 10.3 Å². The molecule has 0 aromatic carbocycles. The molecule has 2 fully saturated rings. The minimum absolute atomic E-state index is 0.0691. The van der Waals surface area contributed by atoms with E-state index in [1.165, 1.54) is 5.56 Å². The number of nitrogens with zero attached hydrogens (tertiary/aromatic N) is 1. The van der Waals surface area contributed by atoms with E-state index in [2.05, 4.69) is 22.4 Å². The molecule has 0 bridgehead atoms. The topological polar surface area (TPSA) is 43.4 Å². The lowest BCUT2D eigenvalue weighted by molar-refractivity contribution is -0.140. The van der Waals surface area contributed by atoms with Gasteiger partial charge in [-0.15, -0.1) is 0 Å². The predicted molar refractivity (Wildman–Crippen MR) is 77.6 cm³/mol. The highest BCUT2D eigenvalue weighted by Gasteiger charge is 2.38. The standard InChI is InChI=1S/C16H24N2O2/c1-13-2-3-14(11-17-13)12-18-15-4-7-20-16(10-15)5-8-19-9-6-16/h2-3,11,15,18H,4-10,12H2,1H3. The van der Waals surface area contributed by atoms with E-state index in [0.29, 0.717) is 6.04 Å². The second kappa shape index (κ2) is 6.20. The predicted octanol–water partition coefficient (Wildman–Crippen LogP) is 2.21. The fraction of sp³-hybridized carbons (Fsp3) is 0.688. The zero-order valence-electron chi connectivity index (χ0n) is 12.2. The molecule has 3 heterocycles. The van der Waals surface area contributed by atoms with E-state index in [4.69, 9.17) is 9.47 Å². The van der Waals surface area contributed by atoms with E-state index in [1.807, 2.05) is 13.1 Å². The Kier molecular flexibility index (Phi) is 4.34. The van der Waals surface area contributed by atoms with Crippen molar-refractivity contribution in [3.8, 4) is 0 Å². The van der Waals surface area contributed by atoms with Gasteiger partial charge in [-0.05, 0) is 44.2 Å². The first kappa shape index (κ1) is 14.0. The lowest BCUT2D eigenvalue weighted by Crippen LogP contribution is -2.49. The van der Waals surface area contributed by atoms with Crippen molar-refractivity contribution in [2.45, 2.75) is 50.8 Å². The molecular formula is C16H24N2O2. The first-order chi connectivity index (χ1) is 9.76. The normalized spacial score (nSPS) is 25.8. The first-order valence-electron chi connectivity index (χ1n) is 7.62. The Labute approximate surface area is 120 Å². The average molecular weight is 276 g/mol. The van der Waals surface area contributed by atoms with E-state index < -0.39 is 0 Å². The maximum Gasteiger partial charge on any atom is 0.0741 e. The number of aryl methyl sites for hydroxylation is 1. The molecule has 1 atom stereocenters. The number of hydrogen-bond donors (Lipinski definition) is 1. The zero-order chi connectivity index (χ0) is 13.8. The van der Waals surface area contributed by atoms with Crippen molar-refractivity contribution in [2.24, 2.45) is 0 Å². The molecule has 2 saturated heterocycles. The molecule has 1 aromatic heterocycles. The van der Waals surface area contributed by atoms with Crippen LogP contribution in [0.15, 0.2) is 18.3 Å². The average Bonchev–Trinajstić information content (AvgIpc) is 2.48. The summed E-state index contributed by atoms with van der Waals surface area (Å²) in [5, 5.41) is 3.67. The molecule has 0 amide bonds. The number of nitrogens with one attached hydrogen (secondary N) is 1. The quantitative estimate of drug-likeness (QED) is 0.919. The largest absolute Gasteiger partial charge is 0.381 e. The SMILES string of the molecule is Cc1ccc(CNC2CCOC3(CCOCC3)C2)cn1. The van der Waals surface area contributed by atoms with Crippen LogP contribution in [0.25, 0.3) is 0 Å². The molecule has 20 heavy (non-hydrogen) atoms. The van der Waals surface area contributed by atoms with E-state index in [-0.39, 0.29) is 5.60 Å². The minimum atomic E-state index is 0.0691. The number of pyridine rings is 1. The van der Waals surface area contributed by atoms with E-state index in [9.17, 15) is 0 Å². The lowest BCUT2D eigenvalue weighted by atomic mass is 9.84. The van der Waals surface area contributed by atoms with Gasteiger partial charge in [0.2, 0.25) is 0 Å². The van der Waals surface area contributed by atoms with Gasteiger partial charge >= 0.3 is 0 Å². The Morgan fingerprint density at radius 1 is 1.30 bits per heavy atom. The Bertz CT molecular complexity index is 421. The number of hydrogen-bond acceptors (Lipinski definition) is 4. The molecule has 0 saturated carbocycles. The first-order valence-corrected chi connectivity index (χ1v) is 7.62. The van der Waals surface area contributed by atoms with Crippen molar-refractivity contribution in [2.75, 3.05) is 19.8 Å². The van der Waals surface area contributed by atoms with Gasteiger partial charge < -0.3 is 14.8 Å². The van der Waals surface area contributed by atoms with Gasteiger partial charge in [0.1, 0.15) is 0 Å². The lowest BCUT2D eigenvalue weighted by Gasteiger charge is -2.43. The van der Waals surface area contributed by atoms with Crippen molar-refractivity contribution in [3.63, 3.8) is 0 Å². The second-order valence-electron chi connectivity index (χ2n) is 6.02. The van der Waals surface area contributed by atoms with Gasteiger partial charge in [0.15, 0.2) is 0 Å². The summed E-state index contributed by atoms with van der Waals surface area (Å²) in [7, 11) is 0. The molecule has 2 aliphatic rings. The molecule has 4 heteroatoms. The summed E-state index contributed by atoms with van der Waals surface area (Å²) in [5.41, 5.74) is 2.39. The van der Waals surface area contributed by atoms with Crippen LogP contribution >= 0.6 is 0 Å². The summed E-state index contributed by atoms with van der Waals surface area (Å²) in [6.45, 7) is 5.46. The van der Waals surface area contributed by atoms with Crippen LogP contribution in [0.2, 0.25) is 0 Å². The number of aromatic nitrogens is 1. The van der Waals surface area contributed by atoms with Crippen LogP contribution in [-0.2, 0) is 16.0 Å². The summed E-state index contributed by atoms with van der Waals surface area (Å²) in [5.74, 6) is 0. The van der Waals surface area contributed by atoms with Gasteiger partial charge in [0, 0.05) is 44.3 Å². The molecule has 1 N–H and O–H groups in total. The van der Waals surface area contributed by atoms with Gasteiger partial charge in [-0.1, -0.05) is 6.07 Å². The highest BCUT2D eigenvalue weighted by atomic mass is 16.5. The fourth-order valence-corrected chi connectivity index (χ4v) is 3.16. The summed E-state index contributed by atoms with van der Waals surface area (Å²) in [6.07, 6.45) is 6.25. The van der Waals surface area contributed by atoms with Crippen molar-refractivity contribution >= 4 is 0 Å². The highest BCUT2D eigenvalue weighted by molar-refractivity contribution is 5.13. The van der Waals surface area contributed by atoms with Crippen LogP contribution in [0.3, 0.4) is 0 Å². The second-order valence-corrected chi connectivity index (χ2v) is 6.02. The molecule has 2 aliphatic heterocycles. The minimum Gasteiger partial charge on any atom is -0.381 e. The molecule has 3 rings (SSSR count). The molecule has 0 aliphatic carbocycles. The molecule has 1 aromatic rings. The number of rotatable bonds is 3. The van der Waals surface area contributed by atoms with E-state index >= 15 is 0 Å². The zero-order valence-corrected chi connectivity index (χ0v) is 12.2. The molecule has 110 valence electrons. The summed E-state index contributed by atoms with van der Waals surface area (Å²) in [6, 6.07) is 4.77. The summed E-state index contributed by atoms with van der Waals surface area (Å²) in [4.78, 5) is 4.34. The third kappa shape index (κ3) is 3.37. The molecule has 0 radical (unpaired) electrons. The van der Waals surface area contributed by atoms with Gasteiger partial charge in [-0.3, -0.25) is 4.98 Å². The van der Waals surface area contributed by atoms with Crippen molar-refractivity contribution in [1.29, 1.82) is 0 Å². The highest BCUT2D eigenvalue weighted by Crippen LogP contribution is 2.34. The van der Waals surface area contributed by atoms with Crippen LogP contribution in [0.1, 0.15) is 36.9 Å². The van der Waals surface area contributed by atoms with Crippen molar-refractivity contribution in [3.05, 3.63) is 29.6 Å².